The molecule has 150 valence electrons. The van der Waals surface area contributed by atoms with E-state index in [4.69, 9.17) is 4.74 Å². The number of para-hydroxylation sites is 1. The molecule has 0 aromatic heterocycles. The quantitative estimate of drug-likeness (QED) is 0.677. The van der Waals surface area contributed by atoms with Gasteiger partial charge in [0.1, 0.15) is 12.4 Å². The Morgan fingerprint density at radius 1 is 1.11 bits per heavy atom. The van der Waals surface area contributed by atoms with Crippen LogP contribution in [0.5, 0.6) is 5.75 Å². The summed E-state index contributed by atoms with van der Waals surface area (Å²) in [6.45, 7) is 3.09. The highest BCUT2D eigenvalue weighted by Gasteiger charge is 2.34. The Hall–Kier alpha value is -2.34. The Balaban J connectivity index is 1.67. The van der Waals surface area contributed by atoms with Gasteiger partial charge in [-0.25, -0.2) is 8.42 Å². The molecule has 1 amide bonds. The van der Waals surface area contributed by atoms with E-state index in [1.807, 2.05) is 42.5 Å². The van der Waals surface area contributed by atoms with Crippen LogP contribution in [-0.4, -0.2) is 43.3 Å². The fraction of sp³-hybridized carbons (Fsp3) is 0.409. The van der Waals surface area contributed by atoms with E-state index in [1.165, 1.54) is 0 Å². The SMILES string of the molecule is CCCCN(C(=O)c1ccc(COc2ccccc2)cc1)C1CCS(=O)(=O)C1. The van der Waals surface area contributed by atoms with Gasteiger partial charge in [-0.15, -0.1) is 0 Å². The number of nitrogens with zero attached hydrogens (tertiary/aromatic N) is 1. The predicted molar refractivity (Wildman–Crippen MR) is 110 cm³/mol. The van der Waals surface area contributed by atoms with E-state index in [9.17, 15) is 13.2 Å². The lowest BCUT2D eigenvalue weighted by molar-refractivity contribution is 0.0694. The molecular weight excluding hydrogens is 374 g/mol. The maximum atomic E-state index is 13.0. The average Bonchev–Trinajstić information content (AvgIpc) is 3.07. The minimum absolute atomic E-state index is 0.0749. The first-order valence-electron chi connectivity index (χ1n) is 9.76. The Labute approximate surface area is 167 Å². The summed E-state index contributed by atoms with van der Waals surface area (Å²) in [5.41, 5.74) is 1.56. The van der Waals surface area contributed by atoms with E-state index >= 15 is 0 Å². The normalized spacial score (nSPS) is 18.0. The zero-order valence-electron chi connectivity index (χ0n) is 16.2. The van der Waals surface area contributed by atoms with Gasteiger partial charge in [-0.3, -0.25) is 4.79 Å². The number of sulfone groups is 1. The third-order valence-electron chi connectivity index (χ3n) is 5.01. The molecule has 28 heavy (non-hydrogen) atoms. The number of amides is 1. The Morgan fingerprint density at radius 2 is 1.82 bits per heavy atom. The fourth-order valence-electron chi connectivity index (χ4n) is 3.39. The number of carbonyl (C=O) groups excluding carboxylic acids is 1. The van der Waals surface area contributed by atoms with Crippen molar-refractivity contribution >= 4 is 15.7 Å². The Kier molecular flexibility index (Phi) is 6.73. The maximum absolute atomic E-state index is 13.0. The van der Waals surface area contributed by atoms with Crippen LogP contribution < -0.4 is 4.74 Å². The van der Waals surface area contributed by atoms with Crippen molar-refractivity contribution in [2.75, 3.05) is 18.1 Å². The Bertz CT molecular complexity index is 879. The van der Waals surface area contributed by atoms with Gasteiger partial charge in [0.05, 0.1) is 11.5 Å². The van der Waals surface area contributed by atoms with Gasteiger partial charge in [0.25, 0.3) is 5.91 Å². The molecule has 1 fully saturated rings. The number of benzene rings is 2. The van der Waals surface area contributed by atoms with E-state index in [0.717, 1.165) is 24.2 Å². The molecule has 1 aliphatic rings. The van der Waals surface area contributed by atoms with Crippen molar-refractivity contribution in [3.63, 3.8) is 0 Å². The van der Waals surface area contributed by atoms with E-state index < -0.39 is 9.84 Å². The number of ether oxygens (including phenoxy) is 1. The highest BCUT2D eigenvalue weighted by Crippen LogP contribution is 2.21. The summed E-state index contributed by atoms with van der Waals surface area (Å²) in [5.74, 6) is 0.955. The van der Waals surface area contributed by atoms with Crippen LogP contribution in [0.25, 0.3) is 0 Å². The molecule has 1 heterocycles. The van der Waals surface area contributed by atoms with Crippen LogP contribution in [0, 0.1) is 0 Å². The molecule has 1 atom stereocenters. The number of unbranched alkanes of at least 4 members (excludes halogenated alkanes) is 1. The summed E-state index contributed by atoms with van der Waals surface area (Å²) in [5, 5.41) is 0. The van der Waals surface area contributed by atoms with Crippen molar-refractivity contribution in [3.05, 3.63) is 65.7 Å². The molecule has 2 aromatic carbocycles. The standard InChI is InChI=1S/C22H27NO4S/c1-2-3-14-23(20-13-15-28(25,26)17-20)22(24)19-11-9-18(10-12-19)16-27-21-7-5-4-6-8-21/h4-12,20H,2-3,13-17H2,1H3. The average molecular weight is 402 g/mol. The maximum Gasteiger partial charge on any atom is 0.254 e. The summed E-state index contributed by atoms with van der Waals surface area (Å²) in [4.78, 5) is 14.8. The lowest BCUT2D eigenvalue weighted by Gasteiger charge is -2.28. The van der Waals surface area contributed by atoms with E-state index in [-0.39, 0.29) is 23.5 Å². The van der Waals surface area contributed by atoms with Crippen LogP contribution >= 0.6 is 0 Å². The molecule has 3 rings (SSSR count). The summed E-state index contributed by atoms with van der Waals surface area (Å²) in [6.07, 6.45) is 2.35. The molecule has 0 bridgehead atoms. The van der Waals surface area contributed by atoms with Gasteiger partial charge in [0, 0.05) is 18.2 Å². The molecule has 1 aliphatic heterocycles. The lowest BCUT2D eigenvalue weighted by Crippen LogP contribution is -2.41. The van der Waals surface area contributed by atoms with E-state index in [0.29, 0.717) is 25.1 Å². The number of carbonyl (C=O) groups is 1. The molecule has 0 spiro atoms. The van der Waals surface area contributed by atoms with Crippen molar-refractivity contribution in [3.8, 4) is 5.75 Å². The van der Waals surface area contributed by atoms with Crippen LogP contribution in [0.15, 0.2) is 54.6 Å². The third-order valence-corrected chi connectivity index (χ3v) is 6.76. The topological polar surface area (TPSA) is 63.7 Å². The third kappa shape index (κ3) is 5.35. The number of hydrogen-bond donors (Lipinski definition) is 0. The molecule has 2 aromatic rings. The highest BCUT2D eigenvalue weighted by molar-refractivity contribution is 7.91. The molecule has 0 aliphatic carbocycles. The number of hydrogen-bond acceptors (Lipinski definition) is 4. The fourth-order valence-corrected chi connectivity index (χ4v) is 5.12. The first-order valence-corrected chi connectivity index (χ1v) is 11.6. The molecule has 0 radical (unpaired) electrons. The van der Waals surface area contributed by atoms with Gasteiger partial charge in [-0.05, 0) is 42.7 Å². The van der Waals surface area contributed by atoms with Crippen LogP contribution in [0.1, 0.15) is 42.1 Å². The molecular formula is C22H27NO4S. The minimum atomic E-state index is -3.03. The molecule has 1 unspecified atom stereocenters. The molecule has 1 saturated heterocycles. The van der Waals surface area contributed by atoms with Crippen molar-refractivity contribution in [2.24, 2.45) is 0 Å². The van der Waals surface area contributed by atoms with Gasteiger partial charge in [0.2, 0.25) is 0 Å². The predicted octanol–water partition coefficient (Wildman–Crippen LogP) is 3.70. The zero-order chi connectivity index (χ0) is 20.0. The van der Waals surface area contributed by atoms with Gasteiger partial charge < -0.3 is 9.64 Å². The summed E-state index contributed by atoms with van der Waals surface area (Å²) >= 11 is 0. The monoisotopic (exact) mass is 401 g/mol. The van der Waals surface area contributed by atoms with E-state index in [2.05, 4.69) is 6.92 Å². The lowest BCUT2D eigenvalue weighted by atomic mass is 10.1. The van der Waals surface area contributed by atoms with Gasteiger partial charge in [-0.2, -0.15) is 0 Å². The molecule has 6 heteroatoms. The van der Waals surface area contributed by atoms with Gasteiger partial charge >= 0.3 is 0 Å². The van der Waals surface area contributed by atoms with Crippen LogP contribution in [0.4, 0.5) is 0 Å². The van der Waals surface area contributed by atoms with Gasteiger partial charge in [-0.1, -0.05) is 43.7 Å². The second-order valence-corrected chi connectivity index (χ2v) is 9.44. The van der Waals surface area contributed by atoms with Crippen molar-refractivity contribution in [2.45, 2.75) is 38.8 Å². The highest BCUT2D eigenvalue weighted by atomic mass is 32.2. The largest absolute Gasteiger partial charge is 0.489 e. The second-order valence-electron chi connectivity index (χ2n) is 7.21. The summed E-state index contributed by atoms with van der Waals surface area (Å²) in [7, 11) is -3.03. The van der Waals surface area contributed by atoms with Gasteiger partial charge in [0.15, 0.2) is 9.84 Å². The smallest absolute Gasteiger partial charge is 0.254 e. The number of rotatable bonds is 8. The van der Waals surface area contributed by atoms with Crippen molar-refractivity contribution in [1.29, 1.82) is 0 Å². The van der Waals surface area contributed by atoms with Crippen LogP contribution in [-0.2, 0) is 16.4 Å². The van der Waals surface area contributed by atoms with Crippen LogP contribution in [0.2, 0.25) is 0 Å². The second kappa shape index (κ2) is 9.24. The van der Waals surface area contributed by atoms with E-state index in [1.54, 1.807) is 17.0 Å². The summed E-state index contributed by atoms with van der Waals surface area (Å²) in [6, 6.07) is 16.7. The zero-order valence-corrected chi connectivity index (χ0v) is 17.0. The first kappa shape index (κ1) is 20.4. The summed E-state index contributed by atoms with van der Waals surface area (Å²) < 4.78 is 29.5. The van der Waals surface area contributed by atoms with Crippen LogP contribution in [0.3, 0.4) is 0 Å². The van der Waals surface area contributed by atoms with Crippen molar-refractivity contribution < 1.29 is 17.9 Å². The molecule has 0 saturated carbocycles. The van der Waals surface area contributed by atoms with Crippen molar-refractivity contribution in [1.82, 2.24) is 4.90 Å². The molecule has 5 nitrogen and oxygen atoms in total. The Morgan fingerprint density at radius 3 is 2.43 bits per heavy atom. The first-order chi connectivity index (χ1) is 13.5. The minimum Gasteiger partial charge on any atom is -0.489 e. The molecule has 0 N–H and O–H groups in total.